The van der Waals surface area contributed by atoms with E-state index in [1.165, 1.54) is 18.2 Å². The third kappa shape index (κ3) is 5.09. The third-order valence-electron chi connectivity index (χ3n) is 2.56. The minimum absolute atomic E-state index is 0.0101. The first-order valence-electron chi connectivity index (χ1n) is 5.95. The molecule has 0 spiro atoms. The number of nitrogens with two attached hydrogens (primary N) is 1. The average Bonchev–Trinajstić information content (AvgIpc) is 2.37. The van der Waals surface area contributed by atoms with Gasteiger partial charge in [-0.3, -0.25) is 4.79 Å². The Kier molecular flexibility index (Phi) is 6.41. The van der Waals surface area contributed by atoms with Crippen molar-refractivity contribution >= 4 is 27.5 Å². The second-order valence-electron chi connectivity index (χ2n) is 4.15. The van der Waals surface area contributed by atoms with Crippen molar-refractivity contribution in [3.05, 3.63) is 28.8 Å². The summed E-state index contributed by atoms with van der Waals surface area (Å²) in [5.74, 6) is -0.371. The number of methoxy groups -OCH3 is 1. The van der Waals surface area contributed by atoms with Crippen molar-refractivity contribution in [2.45, 2.75) is 17.7 Å². The minimum atomic E-state index is -3.95. The number of carbonyl (C=O) groups excluding carboxylic acids is 1. The van der Waals surface area contributed by atoms with Gasteiger partial charge in [0.15, 0.2) is 0 Å². The molecule has 20 heavy (non-hydrogen) atoms. The maximum atomic E-state index is 11.8. The molecule has 8 heteroatoms. The molecule has 0 bridgehead atoms. The van der Waals surface area contributed by atoms with Crippen LogP contribution in [0.4, 0.5) is 0 Å². The number of rotatable bonds is 7. The fourth-order valence-electron chi connectivity index (χ4n) is 1.54. The summed E-state index contributed by atoms with van der Waals surface area (Å²) in [5, 5.41) is 7.70. The zero-order valence-corrected chi connectivity index (χ0v) is 12.6. The van der Waals surface area contributed by atoms with E-state index in [4.69, 9.17) is 21.5 Å². The smallest absolute Gasteiger partial charge is 0.251 e. The van der Waals surface area contributed by atoms with Gasteiger partial charge in [-0.15, -0.1) is 0 Å². The van der Waals surface area contributed by atoms with E-state index in [0.717, 1.165) is 12.8 Å². The summed E-state index contributed by atoms with van der Waals surface area (Å²) < 4.78 is 27.5. The number of halogens is 1. The molecule has 0 unspecified atom stereocenters. The molecule has 0 heterocycles. The second kappa shape index (κ2) is 7.58. The van der Waals surface area contributed by atoms with Crippen LogP contribution in [0.3, 0.4) is 0 Å². The quantitative estimate of drug-likeness (QED) is 0.736. The molecule has 112 valence electrons. The van der Waals surface area contributed by atoms with Crippen LogP contribution in [0, 0.1) is 0 Å². The van der Waals surface area contributed by atoms with Crippen LogP contribution in [0.5, 0.6) is 0 Å². The Labute approximate surface area is 123 Å². The number of amides is 1. The van der Waals surface area contributed by atoms with E-state index in [-0.39, 0.29) is 21.4 Å². The Hall–Kier alpha value is -1.15. The Morgan fingerprint density at radius 1 is 1.40 bits per heavy atom. The summed E-state index contributed by atoms with van der Waals surface area (Å²) in [5.41, 5.74) is 0.199. The normalized spacial score (nSPS) is 11.3. The highest BCUT2D eigenvalue weighted by Gasteiger charge is 2.16. The number of carbonyl (C=O) groups is 1. The Balaban J connectivity index is 2.70. The minimum Gasteiger partial charge on any atom is -0.385 e. The Bertz CT molecular complexity index is 575. The lowest BCUT2D eigenvalue weighted by Gasteiger charge is -2.07. The molecular weight excluding hydrogens is 304 g/mol. The Morgan fingerprint density at radius 2 is 2.10 bits per heavy atom. The topological polar surface area (TPSA) is 98.5 Å². The number of primary sulfonamides is 1. The van der Waals surface area contributed by atoms with Gasteiger partial charge in [-0.05, 0) is 31.0 Å². The first kappa shape index (κ1) is 16.9. The number of hydrogen-bond acceptors (Lipinski definition) is 4. The molecule has 0 aliphatic carbocycles. The van der Waals surface area contributed by atoms with Gasteiger partial charge in [0.1, 0.15) is 4.90 Å². The van der Waals surface area contributed by atoms with Crippen LogP contribution in [0.1, 0.15) is 23.2 Å². The zero-order valence-electron chi connectivity index (χ0n) is 11.1. The predicted octanol–water partition coefficient (Wildman–Crippen LogP) is 1.14. The fraction of sp³-hybridized carbons (Fsp3) is 0.417. The van der Waals surface area contributed by atoms with Crippen molar-refractivity contribution in [2.24, 2.45) is 5.14 Å². The number of unbranched alkanes of at least 4 members (excludes halogenated alkanes) is 1. The summed E-state index contributed by atoms with van der Waals surface area (Å²) in [4.78, 5) is 11.6. The van der Waals surface area contributed by atoms with E-state index in [0.29, 0.717) is 13.2 Å². The van der Waals surface area contributed by atoms with Gasteiger partial charge in [-0.1, -0.05) is 11.6 Å². The molecule has 0 saturated heterocycles. The molecule has 0 aromatic heterocycles. The highest BCUT2D eigenvalue weighted by Crippen LogP contribution is 2.21. The largest absolute Gasteiger partial charge is 0.385 e. The van der Waals surface area contributed by atoms with Gasteiger partial charge in [-0.2, -0.15) is 0 Å². The molecule has 1 amide bonds. The van der Waals surface area contributed by atoms with E-state index in [2.05, 4.69) is 5.32 Å². The Morgan fingerprint density at radius 3 is 2.70 bits per heavy atom. The van der Waals surface area contributed by atoms with Crippen molar-refractivity contribution in [1.29, 1.82) is 0 Å². The monoisotopic (exact) mass is 320 g/mol. The molecule has 1 aromatic carbocycles. The zero-order chi connectivity index (χ0) is 15.2. The molecular formula is C12H17ClN2O4S. The van der Waals surface area contributed by atoms with E-state index < -0.39 is 10.0 Å². The van der Waals surface area contributed by atoms with Crippen LogP contribution in [-0.2, 0) is 14.8 Å². The van der Waals surface area contributed by atoms with Gasteiger partial charge in [0.25, 0.3) is 5.91 Å². The van der Waals surface area contributed by atoms with E-state index >= 15 is 0 Å². The third-order valence-corrected chi connectivity index (χ3v) is 3.95. The van der Waals surface area contributed by atoms with E-state index in [9.17, 15) is 13.2 Å². The fourth-order valence-corrected chi connectivity index (χ4v) is 2.61. The van der Waals surface area contributed by atoms with Gasteiger partial charge in [0.2, 0.25) is 10.0 Å². The molecule has 0 atom stereocenters. The van der Waals surface area contributed by atoms with Crippen molar-refractivity contribution in [3.63, 3.8) is 0 Å². The number of sulfonamides is 1. The first-order valence-corrected chi connectivity index (χ1v) is 7.88. The molecule has 0 aliphatic rings. The molecule has 6 nitrogen and oxygen atoms in total. The molecule has 3 N–H and O–H groups in total. The van der Waals surface area contributed by atoms with Gasteiger partial charge in [-0.25, -0.2) is 13.6 Å². The van der Waals surface area contributed by atoms with Crippen LogP contribution in [-0.4, -0.2) is 34.6 Å². The SMILES string of the molecule is COCCCCNC(=O)c1ccc(Cl)c(S(N)(=O)=O)c1. The average molecular weight is 321 g/mol. The lowest BCUT2D eigenvalue weighted by atomic mass is 10.2. The summed E-state index contributed by atoms with van der Waals surface area (Å²) in [6, 6.07) is 3.95. The highest BCUT2D eigenvalue weighted by atomic mass is 35.5. The van der Waals surface area contributed by atoms with Crippen molar-refractivity contribution in [2.75, 3.05) is 20.3 Å². The van der Waals surface area contributed by atoms with Crippen LogP contribution in [0.2, 0.25) is 5.02 Å². The van der Waals surface area contributed by atoms with Crippen LogP contribution >= 0.6 is 11.6 Å². The van der Waals surface area contributed by atoms with Gasteiger partial charge in [0.05, 0.1) is 5.02 Å². The number of ether oxygens (including phenoxy) is 1. The molecule has 1 aromatic rings. The molecule has 0 aliphatic heterocycles. The number of hydrogen-bond donors (Lipinski definition) is 2. The highest BCUT2D eigenvalue weighted by molar-refractivity contribution is 7.89. The number of benzene rings is 1. The van der Waals surface area contributed by atoms with Gasteiger partial charge in [0, 0.05) is 25.8 Å². The number of nitrogens with one attached hydrogen (secondary N) is 1. The van der Waals surface area contributed by atoms with Crippen molar-refractivity contribution in [1.82, 2.24) is 5.32 Å². The summed E-state index contributed by atoms with van der Waals surface area (Å²) in [7, 11) is -2.34. The maximum absolute atomic E-state index is 11.8. The van der Waals surface area contributed by atoms with Crippen LogP contribution in [0.15, 0.2) is 23.1 Å². The molecule has 1 rings (SSSR count). The maximum Gasteiger partial charge on any atom is 0.251 e. The molecule has 0 saturated carbocycles. The van der Waals surface area contributed by atoms with Crippen molar-refractivity contribution in [3.8, 4) is 0 Å². The van der Waals surface area contributed by atoms with E-state index in [1.54, 1.807) is 7.11 Å². The summed E-state index contributed by atoms with van der Waals surface area (Å²) in [6.45, 7) is 1.11. The van der Waals surface area contributed by atoms with Crippen molar-refractivity contribution < 1.29 is 17.9 Å². The van der Waals surface area contributed by atoms with Gasteiger partial charge >= 0.3 is 0 Å². The molecule has 0 fully saturated rings. The summed E-state index contributed by atoms with van der Waals surface area (Å²) in [6.07, 6.45) is 1.61. The second-order valence-corrected chi connectivity index (χ2v) is 6.08. The lowest BCUT2D eigenvalue weighted by Crippen LogP contribution is -2.25. The van der Waals surface area contributed by atoms with Crippen LogP contribution < -0.4 is 10.5 Å². The van der Waals surface area contributed by atoms with E-state index in [1.807, 2.05) is 0 Å². The van der Waals surface area contributed by atoms with Crippen LogP contribution in [0.25, 0.3) is 0 Å². The van der Waals surface area contributed by atoms with Gasteiger partial charge < -0.3 is 10.1 Å². The molecule has 0 radical (unpaired) electrons. The first-order chi connectivity index (χ1) is 9.36. The summed E-state index contributed by atoms with van der Waals surface area (Å²) >= 11 is 5.74. The lowest BCUT2D eigenvalue weighted by molar-refractivity contribution is 0.0951. The standard InChI is InChI=1S/C12H17ClN2O4S/c1-19-7-3-2-6-15-12(16)9-4-5-10(13)11(8-9)20(14,17)18/h4-5,8H,2-3,6-7H2,1H3,(H,15,16)(H2,14,17,18). The predicted molar refractivity (Wildman–Crippen MR) is 76.3 cm³/mol.